The van der Waals surface area contributed by atoms with Crippen molar-refractivity contribution in [1.29, 1.82) is 0 Å². The number of hydrogen-bond acceptors (Lipinski definition) is 3. The van der Waals surface area contributed by atoms with Gasteiger partial charge in [0.15, 0.2) is 0 Å². The normalized spacial score (nSPS) is 10.4. The third-order valence-electron chi connectivity index (χ3n) is 3.45. The molecule has 120 valence electrons. The van der Waals surface area contributed by atoms with Gasteiger partial charge in [0, 0.05) is 16.8 Å². The van der Waals surface area contributed by atoms with Crippen molar-refractivity contribution in [1.82, 2.24) is 4.98 Å². The number of carbonyl (C=O) groups is 1. The van der Waals surface area contributed by atoms with Crippen molar-refractivity contribution in [2.75, 3.05) is 5.32 Å². The van der Waals surface area contributed by atoms with Crippen molar-refractivity contribution < 1.29 is 4.79 Å². The molecule has 1 amide bonds. The molecule has 3 nitrogen and oxygen atoms in total. The molecule has 2 aromatic carbocycles. The number of hydrogen-bond donors (Lipinski definition) is 1. The van der Waals surface area contributed by atoms with E-state index in [1.807, 2.05) is 55.5 Å². The Morgan fingerprint density at radius 3 is 2.58 bits per heavy atom. The van der Waals surface area contributed by atoms with E-state index in [0.717, 1.165) is 16.1 Å². The SMILES string of the molecule is Cc1ccccc1NC(=O)c1cccnc1Sc1ccccc1Cl. The minimum absolute atomic E-state index is 0.188. The molecule has 24 heavy (non-hydrogen) atoms. The van der Waals surface area contributed by atoms with Crippen molar-refractivity contribution in [2.24, 2.45) is 0 Å². The predicted octanol–water partition coefficient (Wildman–Crippen LogP) is 5.45. The van der Waals surface area contributed by atoms with Crippen LogP contribution in [0.15, 0.2) is 76.8 Å². The van der Waals surface area contributed by atoms with Gasteiger partial charge in [-0.15, -0.1) is 0 Å². The van der Waals surface area contributed by atoms with Gasteiger partial charge in [-0.25, -0.2) is 4.98 Å². The Morgan fingerprint density at radius 1 is 1.04 bits per heavy atom. The largest absolute Gasteiger partial charge is 0.322 e. The Balaban J connectivity index is 1.88. The number of para-hydroxylation sites is 1. The van der Waals surface area contributed by atoms with Gasteiger partial charge in [0.05, 0.1) is 10.6 Å². The van der Waals surface area contributed by atoms with Gasteiger partial charge in [0.1, 0.15) is 5.03 Å². The molecule has 1 N–H and O–H groups in total. The molecule has 5 heteroatoms. The smallest absolute Gasteiger partial charge is 0.258 e. The highest BCUT2D eigenvalue weighted by molar-refractivity contribution is 7.99. The number of rotatable bonds is 4. The van der Waals surface area contributed by atoms with Crippen molar-refractivity contribution >= 4 is 35.0 Å². The van der Waals surface area contributed by atoms with Crippen LogP contribution >= 0.6 is 23.4 Å². The van der Waals surface area contributed by atoms with E-state index < -0.39 is 0 Å². The number of carbonyl (C=O) groups excluding carboxylic acids is 1. The molecule has 0 radical (unpaired) electrons. The summed E-state index contributed by atoms with van der Waals surface area (Å²) < 4.78 is 0. The van der Waals surface area contributed by atoms with Crippen LogP contribution in [0.1, 0.15) is 15.9 Å². The average molecular weight is 355 g/mol. The highest BCUT2D eigenvalue weighted by Crippen LogP contribution is 2.33. The molecular formula is C19H15ClN2OS. The zero-order valence-corrected chi connectivity index (χ0v) is 14.6. The fourth-order valence-corrected chi connectivity index (χ4v) is 3.34. The Labute approximate surface area is 150 Å². The molecule has 1 heterocycles. The summed E-state index contributed by atoms with van der Waals surface area (Å²) in [5.41, 5.74) is 2.32. The van der Waals surface area contributed by atoms with Crippen LogP contribution in [-0.2, 0) is 0 Å². The maximum Gasteiger partial charge on any atom is 0.258 e. The van der Waals surface area contributed by atoms with E-state index in [1.165, 1.54) is 11.8 Å². The van der Waals surface area contributed by atoms with Crippen LogP contribution in [0.4, 0.5) is 5.69 Å². The molecule has 0 aliphatic carbocycles. The number of halogens is 1. The van der Waals surface area contributed by atoms with Gasteiger partial charge >= 0.3 is 0 Å². The first-order valence-electron chi connectivity index (χ1n) is 7.39. The number of aromatic nitrogens is 1. The van der Waals surface area contributed by atoms with Gasteiger partial charge in [-0.05, 0) is 42.8 Å². The molecule has 0 bridgehead atoms. The van der Waals surface area contributed by atoms with Gasteiger partial charge in [0.2, 0.25) is 0 Å². The Morgan fingerprint density at radius 2 is 1.79 bits per heavy atom. The van der Waals surface area contributed by atoms with E-state index in [-0.39, 0.29) is 5.91 Å². The van der Waals surface area contributed by atoms with Crippen molar-refractivity contribution in [2.45, 2.75) is 16.8 Å². The lowest BCUT2D eigenvalue weighted by atomic mass is 10.2. The van der Waals surface area contributed by atoms with E-state index >= 15 is 0 Å². The van der Waals surface area contributed by atoms with Crippen LogP contribution in [0.5, 0.6) is 0 Å². The molecule has 3 aromatic rings. The van der Waals surface area contributed by atoms with Crippen molar-refractivity contribution in [3.63, 3.8) is 0 Å². The molecular weight excluding hydrogens is 340 g/mol. The first kappa shape index (κ1) is 16.6. The van der Waals surface area contributed by atoms with Gasteiger partial charge in [0.25, 0.3) is 5.91 Å². The lowest BCUT2D eigenvalue weighted by molar-refractivity contribution is 0.102. The second-order valence-corrected chi connectivity index (χ2v) is 6.60. The fraction of sp³-hybridized carbons (Fsp3) is 0.0526. The Bertz CT molecular complexity index is 883. The number of nitrogens with one attached hydrogen (secondary N) is 1. The van der Waals surface area contributed by atoms with E-state index in [2.05, 4.69) is 10.3 Å². The summed E-state index contributed by atoms with van der Waals surface area (Å²) >= 11 is 7.59. The second kappa shape index (κ2) is 7.51. The summed E-state index contributed by atoms with van der Waals surface area (Å²) in [6.07, 6.45) is 1.67. The quantitative estimate of drug-likeness (QED) is 0.677. The van der Waals surface area contributed by atoms with Crippen LogP contribution in [0.25, 0.3) is 0 Å². The molecule has 0 aliphatic rings. The molecule has 0 aliphatic heterocycles. The fourth-order valence-electron chi connectivity index (χ4n) is 2.18. The number of benzene rings is 2. The third-order valence-corrected chi connectivity index (χ3v) is 4.99. The maximum atomic E-state index is 12.7. The predicted molar refractivity (Wildman–Crippen MR) is 98.9 cm³/mol. The molecule has 0 saturated carbocycles. The summed E-state index contributed by atoms with van der Waals surface area (Å²) in [6.45, 7) is 1.96. The molecule has 0 saturated heterocycles. The molecule has 0 spiro atoms. The zero-order valence-electron chi connectivity index (χ0n) is 13.0. The highest BCUT2D eigenvalue weighted by atomic mass is 35.5. The van der Waals surface area contributed by atoms with Crippen LogP contribution in [0, 0.1) is 6.92 Å². The Kier molecular flexibility index (Phi) is 5.18. The van der Waals surface area contributed by atoms with Crippen LogP contribution in [-0.4, -0.2) is 10.9 Å². The summed E-state index contributed by atoms with van der Waals surface area (Å²) in [5.74, 6) is -0.188. The third kappa shape index (κ3) is 3.78. The van der Waals surface area contributed by atoms with Crippen LogP contribution in [0.3, 0.4) is 0 Å². The molecule has 1 aromatic heterocycles. The number of anilines is 1. The molecule has 0 atom stereocenters. The number of nitrogens with zero attached hydrogens (tertiary/aromatic N) is 1. The number of aryl methyl sites for hydroxylation is 1. The zero-order chi connectivity index (χ0) is 16.9. The topological polar surface area (TPSA) is 42.0 Å². The first-order chi connectivity index (χ1) is 11.6. The molecule has 0 unspecified atom stereocenters. The summed E-state index contributed by atoms with van der Waals surface area (Å²) in [5, 5.41) is 4.20. The van der Waals surface area contributed by atoms with Gasteiger partial charge in [-0.1, -0.05) is 53.7 Å². The van der Waals surface area contributed by atoms with Crippen molar-refractivity contribution in [3.05, 3.63) is 83.0 Å². The minimum Gasteiger partial charge on any atom is -0.322 e. The van der Waals surface area contributed by atoms with Gasteiger partial charge in [-0.3, -0.25) is 4.79 Å². The van der Waals surface area contributed by atoms with Crippen LogP contribution < -0.4 is 5.32 Å². The highest BCUT2D eigenvalue weighted by Gasteiger charge is 2.15. The maximum absolute atomic E-state index is 12.7. The summed E-state index contributed by atoms with van der Waals surface area (Å²) in [6, 6.07) is 18.7. The summed E-state index contributed by atoms with van der Waals surface area (Å²) in [4.78, 5) is 17.9. The van der Waals surface area contributed by atoms with Gasteiger partial charge in [-0.2, -0.15) is 0 Å². The van der Waals surface area contributed by atoms with E-state index in [9.17, 15) is 4.79 Å². The van der Waals surface area contributed by atoms with Crippen molar-refractivity contribution in [3.8, 4) is 0 Å². The summed E-state index contributed by atoms with van der Waals surface area (Å²) in [7, 11) is 0. The van der Waals surface area contributed by atoms with E-state index in [4.69, 9.17) is 11.6 Å². The second-order valence-electron chi connectivity index (χ2n) is 5.16. The monoisotopic (exact) mass is 354 g/mol. The number of amides is 1. The first-order valence-corrected chi connectivity index (χ1v) is 8.59. The lowest BCUT2D eigenvalue weighted by Crippen LogP contribution is -2.14. The Hall–Kier alpha value is -2.30. The average Bonchev–Trinajstić information content (AvgIpc) is 2.59. The number of pyridine rings is 1. The minimum atomic E-state index is -0.188. The standard InChI is InChI=1S/C19H15ClN2OS/c1-13-7-2-4-10-16(13)22-18(23)14-8-6-12-21-19(14)24-17-11-5-3-9-15(17)20/h2-12H,1H3,(H,22,23). The van der Waals surface area contributed by atoms with Crippen LogP contribution in [0.2, 0.25) is 5.02 Å². The van der Waals surface area contributed by atoms with E-state index in [0.29, 0.717) is 15.6 Å². The van der Waals surface area contributed by atoms with E-state index in [1.54, 1.807) is 18.3 Å². The van der Waals surface area contributed by atoms with Gasteiger partial charge < -0.3 is 5.32 Å². The molecule has 0 fully saturated rings. The molecule has 3 rings (SSSR count). The lowest BCUT2D eigenvalue weighted by Gasteiger charge is -2.11.